The highest BCUT2D eigenvalue weighted by atomic mass is 79.9. The van der Waals surface area contributed by atoms with Crippen LogP contribution >= 0.6 is 15.9 Å². The minimum absolute atomic E-state index is 0.0238. The zero-order valence-corrected chi connectivity index (χ0v) is 11.4. The lowest BCUT2D eigenvalue weighted by atomic mass is 10.0. The Kier molecular flexibility index (Phi) is 3.94. The van der Waals surface area contributed by atoms with E-state index in [-0.39, 0.29) is 15.6 Å². The first-order valence-corrected chi connectivity index (χ1v) is 6.26. The molecule has 0 amide bonds. The molecule has 0 heterocycles. The van der Waals surface area contributed by atoms with Gasteiger partial charge in [-0.25, -0.2) is 4.39 Å². The van der Waals surface area contributed by atoms with Crippen LogP contribution in [-0.2, 0) is 6.18 Å². The van der Waals surface area contributed by atoms with Crippen LogP contribution in [0.2, 0.25) is 0 Å². The Balaban J connectivity index is 2.47. The van der Waals surface area contributed by atoms with Gasteiger partial charge in [-0.15, -0.1) is 0 Å². The van der Waals surface area contributed by atoms with Gasteiger partial charge in [0.15, 0.2) is 5.78 Å². The summed E-state index contributed by atoms with van der Waals surface area (Å²) in [5, 5.41) is 0. The SMILES string of the molecule is O=C(c1cccc(C(F)(F)F)c1)c1cccc(F)c1Br. The van der Waals surface area contributed by atoms with Crippen molar-refractivity contribution in [3.8, 4) is 0 Å². The summed E-state index contributed by atoms with van der Waals surface area (Å²) < 4.78 is 51.1. The van der Waals surface area contributed by atoms with Crippen molar-refractivity contribution >= 4 is 21.7 Å². The van der Waals surface area contributed by atoms with E-state index in [9.17, 15) is 22.4 Å². The van der Waals surface area contributed by atoms with Crippen LogP contribution in [0.4, 0.5) is 17.6 Å². The van der Waals surface area contributed by atoms with Crippen LogP contribution < -0.4 is 0 Å². The number of carbonyl (C=O) groups excluding carboxylic acids is 1. The Morgan fingerprint density at radius 2 is 1.70 bits per heavy atom. The van der Waals surface area contributed by atoms with Crippen LogP contribution in [0.15, 0.2) is 46.9 Å². The van der Waals surface area contributed by atoms with Crippen LogP contribution in [0.1, 0.15) is 21.5 Å². The van der Waals surface area contributed by atoms with E-state index >= 15 is 0 Å². The molecule has 0 aliphatic rings. The average molecular weight is 347 g/mol. The first-order valence-electron chi connectivity index (χ1n) is 5.46. The van der Waals surface area contributed by atoms with Gasteiger partial charge in [0.1, 0.15) is 5.82 Å². The van der Waals surface area contributed by atoms with Crippen molar-refractivity contribution in [2.45, 2.75) is 6.18 Å². The van der Waals surface area contributed by atoms with Gasteiger partial charge in [-0.05, 0) is 40.2 Å². The molecule has 0 atom stereocenters. The van der Waals surface area contributed by atoms with Crippen molar-refractivity contribution in [3.63, 3.8) is 0 Å². The summed E-state index contributed by atoms with van der Waals surface area (Å²) in [6.07, 6.45) is -4.53. The van der Waals surface area contributed by atoms with E-state index in [2.05, 4.69) is 15.9 Å². The third-order valence-electron chi connectivity index (χ3n) is 2.65. The summed E-state index contributed by atoms with van der Waals surface area (Å²) in [6.45, 7) is 0. The minimum atomic E-state index is -4.53. The lowest BCUT2D eigenvalue weighted by molar-refractivity contribution is -0.137. The Morgan fingerprint density at radius 3 is 2.35 bits per heavy atom. The second kappa shape index (κ2) is 5.36. The van der Waals surface area contributed by atoms with E-state index in [0.29, 0.717) is 0 Å². The second-order valence-electron chi connectivity index (χ2n) is 4.01. The molecule has 0 spiro atoms. The molecule has 6 heteroatoms. The molecule has 0 aliphatic heterocycles. The van der Waals surface area contributed by atoms with Crippen LogP contribution in [0.25, 0.3) is 0 Å². The van der Waals surface area contributed by atoms with Gasteiger partial charge in [0.25, 0.3) is 0 Å². The number of alkyl halides is 3. The molecule has 0 bridgehead atoms. The van der Waals surface area contributed by atoms with Crippen molar-refractivity contribution in [3.05, 3.63) is 69.4 Å². The highest BCUT2D eigenvalue weighted by Crippen LogP contribution is 2.30. The van der Waals surface area contributed by atoms with Crippen molar-refractivity contribution in [2.75, 3.05) is 0 Å². The van der Waals surface area contributed by atoms with Crippen molar-refractivity contribution < 1.29 is 22.4 Å². The highest BCUT2D eigenvalue weighted by molar-refractivity contribution is 9.10. The molecular weight excluding hydrogens is 340 g/mol. The van der Waals surface area contributed by atoms with Gasteiger partial charge in [0.05, 0.1) is 10.0 Å². The van der Waals surface area contributed by atoms with Gasteiger partial charge in [-0.2, -0.15) is 13.2 Å². The summed E-state index contributed by atoms with van der Waals surface area (Å²) in [4.78, 5) is 12.1. The predicted molar refractivity (Wildman–Crippen MR) is 69.0 cm³/mol. The Labute approximate surface area is 120 Å². The normalized spacial score (nSPS) is 11.4. The number of ketones is 1. The molecule has 2 aromatic carbocycles. The van der Waals surface area contributed by atoms with Crippen LogP contribution in [0.3, 0.4) is 0 Å². The molecule has 0 aliphatic carbocycles. The fourth-order valence-electron chi connectivity index (χ4n) is 1.67. The maximum Gasteiger partial charge on any atom is 0.416 e. The van der Waals surface area contributed by atoms with Crippen molar-refractivity contribution in [1.82, 2.24) is 0 Å². The van der Waals surface area contributed by atoms with Gasteiger partial charge < -0.3 is 0 Å². The molecule has 20 heavy (non-hydrogen) atoms. The second-order valence-corrected chi connectivity index (χ2v) is 4.80. The standard InChI is InChI=1S/C14H7BrF4O/c15-12-10(5-2-6-11(12)16)13(20)8-3-1-4-9(7-8)14(17,18)19/h1-7H. The smallest absolute Gasteiger partial charge is 0.289 e. The zero-order chi connectivity index (χ0) is 14.9. The molecule has 2 rings (SSSR count). The number of carbonyl (C=O) groups is 1. The number of hydrogen-bond acceptors (Lipinski definition) is 1. The van der Waals surface area contributed by atoms with Gasteiger partial charge >= 0.3 is 6.18 Å². The van der Waals surface area contributed by atoms with Crippen molar-refractivity contribution in [2.24, 2.45) is 0 Å². The molecule has 0 unspecified atom stereocenters. The number of benzene rings is 2. The van der Waals surface area contributed by atoms with Gasteiger partial charge in [0, 0.05) is 11.1 Å². The van der Waals surface area contributed by atoms with E-state index in [4.69, 9.17) is 0 Å². The molecule has 2 aromatic rings. The van der Waals surface area contributed by atoms with Crippen molar-refractivity contribution in [1.29, 1.82) is 0 Å². The molecule has 1 nitrogen and oxygen atoms in total. The Hall–Kier alpha value is -1.69. The average Bonchev–Trinajstić information content (AvgIpc) is 2.40. The molecule has 0 aromatic heterocycles. The predicted octanol–water partition coefficient (Wildman–Crippen LogP) is 4.84. The molecule has 0 radical (unpaired) electrons. The monoisotopic (exact) mass is 346 g/mol. The highest BCUT2D eigenvalue weighted by Gasteiger charge is 2.31. The number of rotatable bonds is 2. The fraction of sp³-hybridized carbons (Fsp3) is 0.0714. The quantitative estimate of drug-likeness (QED) is 0.561. The summed E-state index contributed by atoms with van der Waals surface area (Å²) >= 11 is 2.92. The Morgan fingerprint density at radius 1 is 1.05 bits per heavy atom. The summed E-state index contributed by atoms with van der Waals surface area (Å²) in [5.74, 6) is -1.33. The largest absolute Gasteiger partial charge is 0.416 e. The fourth-order valence-corrected chi connectivity index (χ4v) is 2.12. The summed E-state index contributed by atoms with van der Waals surface area (Å²) in [6, 6.07) is 7.83. The van der Waals surface area contributed by atoms with E-state index in [1.54, 1.807) is 0 Å². The topological polar surface area (TPSA) is 17.1 Å². The third-order valence-corrected chi connectivity index (χ3v) is 3.45. The molecule has 0 N–H and O–H groups in total. The van der Waals surface area contributed by atoms with E-state index in [1.165, 1.54) is 18.2 Å². The van der Waals surface area contributed by atoms with Crippen LogP contribution in [0.5, 0.6) is 0 Å². The van der Waals surface area contributed by atoms with Gasteiger partial charge in [-0.1, -0.05) is 18.2 Å². The maximum absolute atomic E-state index is 13.3. The lowest BCUT2D eigenvalue weighted by Gasteiger charge is -2.09. The zero-order valence-electron chi connectivity index (χ0n) is 9.84. The van der Waals surface area contributed by atoms with E-state index in [0.717, 1.165) is 24.3 Å². The summed E-state index contributed by atoms with van der Waals surface area (Å²) in [5.41, 5.74) is -1.09. The Bertz CT molecular complexity index is 664. The number of halogens is 5. The maximum atomic E-state index is 13.3. The molecule has 104 valence electrons. The lowest BCUT2D eigenvalue weighted by Crippen LogP contribution is -2.08. The van der Waals surface area contributed by atoms with Crippen LogP contribution in [-0.4, -0.2) is 5.78 Å². The van der Waals surface area contributed by atoms with E-state index < -0.39 is 23.3 Å². The molecule has 0 saturated carbocycles. The van der Waals surface area contributed by atoms with Crippen LogP contribution in [0, 0.1) is 5.82 Å². The van der Waals surface area contributed by atoms with Gasteiger partial charge in [0.2, 0.25) is 0 Å². The van der Waals surface area contributed by atoms with E-state index in [1.807, 2.05) is 0 Å². The summed E-state index contributed by atoms with van der Waals surface area (Å²) in [7, 11) is 0. The first-order chi connectivity index (χ1) is 9.30. The first kappa shape index (κ1) is 14.7. The molecule has 0 saturated heterocycles. The molecule has 0 fully saturated rings. The minimum Gasteiger partial charge on any atom is -0.289 e. The van der Waals surface area contributed by atoms with Gasteiger partial charge in [-0.3, -0.25) is 4.79 Å². The number of hydrogen-bond donors (Lipinski definition) is 0. The third kappa shape index (κ3) is 2.90. The molecular formula is C14H7BrF4O.